The van der Waals surface area contributed by atoms with Crippen molar-refractivity contribution in [3.8, 4) is 0 Å². The molecule has 6 heteroatoms. The van der Waals surface area contributed by atoms with Crippen molar-refractivity contribution in [3.63, 3.8) is 0 Å². The number of carbonyl (C=O) groups excluding carboxylic acids is 2. The molecule has 0 aromatic heterocycles. The molecule has 0 saturated heterocycles. The van der Waals surface area contributed by atoms with E-state index >= 15 is 0 Å². The Bertz CT molecular complexity index is 248. The predicted octanol–water partition coefficient (Wildman–Crippen LogP) is -0.373. The van der Waals surface area contributed by atoms with Crippen molar-refractivity contribution in [1.82, 2.24) is 10.6 Å². The molecule has 0 radical (unpaired) electrons. The SMILES string of the molecule is CNCC(N)C(=O)CNC(=O)OC(C)(C)C. The van der Waals surface area contributed by atoms with Gasteiger partial charge in [0.2, 0.25) is 0 Å². The summed E-state index contributed by atoms with van der Waals surface area (Å²) in [4.78, 5) is 22.6. The molecule has 6 nitrogen and oxygen atoms in total. The zero-order valence-electron chi connectivity index (χ0n) is 10.3. The molecule has 16 heavy (non-hydrogen) atoms. The summed E-state index contributed by atoms with van der Waals surface area (Å²) in [5.74, 6) is -0.236. The van der Waals surface area contributed by atoms with Gasteiger partial charge in [0.25, 0.3) is 0 Å². The normalized spacial score (nSPS) is 13.1. The molecule has 1 atom stereocenters. The minimum absolute atomic E-state index is 0.113. The van der Waals surface area contributed by atoms with E-state index in [4.69, 9.17) is 10.5 Å². The van der Waals surface area contributed by atoms with Crippen LogP contribution in [-0.2, 0) is 9.53 Å². The Balaban J connectivity index is 3.88. The largest absolute Gasteiger partial charge is 0.444 e. The van der Waals surface area contributed by atoms with E-state index in [2.05, 4.69) is 10.6 Å². The number of nitrogens with two attached hydrogens (primary N) is 1. The summed E-state index contributed by atoms with van der Waals surface area (Å²) < 4.78 is 4.97. The van der Waals surface area contributed by atoms with Crippen molar-refractivity contribution in [3.05, 3.63) is 0 Å². The molecule has 0 aromatic carbocycles. The summed E-state index contributed by atoms with van der Waals surface area (Å²) in [5.41, 5.74) is 4.97. The second-order valence-corrected chi connectivity index (χ2v) is 4.49. The van der Waals surface area contributed by atoms with Crippen LogP contribution in [0.2, 0.25) is 0 Å². The van der Waals surface area contributed by atoms with Crippen LogP contribution in [0.5, 0.6) is 0 Å². The lowest BCUT2D eigenvalue weighted by molar-refractivity contribution is -0.119. The third-order valence-corrected chi connectivity index (χ3v) is 1.64. The molecule has 0 rings (SSSR count). The molecule has 0 aliphatic carbocycles. The third kappa shape index (κ3) is 7.19. The maximum Gasteiger partial charge on any atom is 0.408 e. The average Bonchev–Trinajstić information content (AvgIpc) is 2.11. The first kappa shape index (κ1) is 14.9. The lowest BCUT2D eigenvalue weighted by atomic mass is 10.2. The monoisotopic (exact) mass is 231 g/mol. The van der Waals surface area contributed by atoms with Gasteiger partial charge < -0.3 is 21.1 Å². The average molecular weight is 231 g/mol. The number of nitrogens with one attached hydrogen (secondary N) is 2. The maximum atomic E-state index is 11.4. The Morgan fingerprint density at radius 3 is 2.38 bits per heavy atom. The number of hydrogen-bond acceptors (Lipinski definition) is 5. The fourth-order valence-electron chi connectivity index (χ4n) is 0.938. The third-order valence-electron chi connectivity index (χ3n) is 1.64. The van der Waals surface area contributed by atoms with Crippen LogP contribution in [0.1, 0.15) is 20.8 Å². The Kier molecular flexibility index (Phi) is 5.98. The molecule has 94 valence electrons. The molecule has 1 amide bonds. The fraction of sp³-hybridized carbons (Fsp3) is 0.800. The number of likely N-dealkylation sites (N-methyl/N-ethyl adjacent to an activating group) is 1. The summed E-state index contributed by atoms with van der Waals surface area (Å²) >= 11 is 0. The van der Waals surface area contributed by atoms with E-state index in [0.717, 1.165) is 0 Å². The van der Waals surface area contributed by atoms with Gasteiger partial charge in [0.1, 0.15) is 5.60 Å². The minimum Gasteiger partial charge on any atom is -0.444 e. The first-order valence-corrected chi connectivity index (χ1v) is 5.16. The first-order chi connectivity index (χ1) is 7.26. The van der Waals surface area contributed by atoms with E-state index in [-0.39, 0.29) is 12.3 Å². The number of Topliss-reactive ketones (excluding diaryl/α,β-unsaturated/α-hetero) is 1. The Morgan fingerprint density at radius 2 is 1.94 bits per heavy atom. The van der Waals surface area contributed by atoms with Gasteiger partial charge in [-0.05, 0) is 27.8 Å². The van der Waals surface area contributed by atoms with Crippen LogP contribution >= 0.6 is 0 Å². The number of rotatable bonds is 5. The molecule has 0 spiro atoms. The van der Waals surface area contributed by atoms with Crippen LogP contribution in [0.25, 0.3) is 0 Å². The van der Waals surface area contributed by atoms with E-state index in [1.807, 2.05) is 0 Å². The highest BCUT2D eigenvalue weighted by Crippen LogP contribution is 2.06. The van der Waals surface area contributed by atoms with Crippen LogP contribution in [-0.4, -0.2) is 43.7 Å². The van der Waals surface area contributed by atoms with E-state index in [1.165, 1.54) is 0 Å². The van der Waals surface area contributed by atoms with Crippen molar-refractivity contribution >= 4 is 11.9 Å². The lowest BCUT2D eigenvalue weighted by Gasteiger charge is -2.19. The molecule has 0 heterocycles. The van der Waals surface area contributed by atoms with Gasteiger partial charge in [-0.1, -0.05) is 0 Å². The highest BCUT2D eigenvalue weighted by molar-refractivity contribution is 5.88. The quantitative estimate of drug-likeness (QED) is 0.600. The highest BCUT2D eigenvalue weighted by Gasteiger charge is 2.18. The molecule has 0 saturated carbocycles. The fourth-order valence-corrected chi connectivity index (χ4v) is 0.938. The lowest BCUT2D eigenvalue weighted by Crippen LogP contribution is -2.45. The van der Waals surface area contributed by atoms with Gasteiger partial charge in [-0.3, -0.25) is 4.79 Å². The standard InChI is InChI=1S/C10H21N3O3/c1-10(2,3)16-9(15)13-6-8(14)7(11)5-12-4/h7,12H,5-6,11H2,1-4H3,(H,13,15). The van der Waals surface area contributed by atoms with Gasteiger partial charge in [0, 0.05) is 6.54 Å². The van der Waals surface area contributed by atoms with Gasteiger partial charge >= 0.3 is 6.09 Å². The minimum atomic E-state index is -0.613. The smallest absolute Gasteiger partial charge is 0.408 e. The number of hydrogen-bond donors (Lipinski definition) is 3. The second-order valence-electron chi connectivity index (χ2n) is 4.49. The summed E-state index contributed by atoms with van der Waals surface area (Å²) in [6.45, 7) is 5.52. The molecule has 0 aliphatic heterocycles. The van der Waals surface area contributed by atoms with Crippen molar-refractivity contribution in [2.24, 2.45) is 5.73 Å². The number of ether oxygens (including phenoxy) is 1. The Labute approximate surface area is 95.9 Å². The van der Waals surface area contributed by atoms with Gasteiger partial charge in [-0.15, -0.1) is 0 Å². The summed E-state index contributed by atoms with van der Waals surface area (Å²) in [6.07, 6.45) is -0.613. The number of alkyl carbamates (subject to hydrolysis) is 1. The van der Waals surface area contributed by atoms with Crippen LogP contribution in [0, 0.1) is 0 Å². The first-order valence-electron chi connectivity index (χ1n) is 5.16. The summed E-state index contributed by atoms with van der Waals surface area (Å²) in [5, 5.41) is 5.14. The molecule has 1 unspecified atom stereocenters. The van der Waals surface area contributed by atoms with Crippen molar-refractivity contribution in [1.29, 1.82) is 0 Å². The van der Waals surface area contributed by atoms with Crippen molar-refractivity contribution in [2.75, 3.05) is 20.1 Å². The van der Waals surface area contributed by atoms with Crippen molar-refractivity contribution < 1.29 is 14.3 Å². The van der Waals surface area contributed by atoms with E-state index in [9.17, 15) is 9.59 Å². The topological polar surface area (TPSA) is 93.5 Å². The second kappa shape index (κ2) is 6.44. The van der Waals surface area contributed by atoms with E-state index in [1.54, 1.807) is 27.8 Å². The molecule has 0 aliphatic rings. The number of carbonyl (C=O) groups is 2. The van der Waals surface area contributed by atoms with Gasteiger partial charge in [0.15, 0.2) is 5.78 Å². The van der Waals surface area contributed by atoms with Gasteiger partial charge in [0.05, 0.1) is 12.6 Å². The summed E-state index contributed by atoms with van der Waals surface area (Å²) in [6, 6.07) is -0.611. The molecule has 0 aromatic rings. The van der Waals surface area contributed by atoms with Crippen LogP contribution in [0.4, 0.5) is 4.79 Å². The van der Waals surface area contributed by atoms with Crippen molar-refractivity contribution in [2.45, 2.75) is 32.4 Å². The molecular formula is C10H21N3O3. The zero-order valence-corrected chi connectivity index (χ0v) is 10.3. The van der Waals surface area contributed by atoms with Gasteiger partial charge in [-0.2, -0.15) is 0 Å². The molecule has 0 fully saturated rings. The maximum absolute atomic E-state index is 11.4. The highest BCUT2D eigenvalue weighted by atomic mass is 16.6. The summed E-state index contributed by atoms with van der Waals surface area (Å²) in [7, 11) is 1.70. The van der Waals surface area contributed by atoms with Gasteiger partial charge in [-0.25, -0.2) is 4.79 Å². The number of ketones is 1. The molecule has 0 bridgehead atoms. The molecular weight excluding hydrogens is 210 g/mol. The van der Waals surface area contributed by atoms with E-state index < -0.39 is 17.7 Å². The van der Waals surface area contributed by atoms with Crippen LogP contribution in [0.15, 0.2) is 0 Å². The Morgan fingerprint density at radius 1 is 1.38 bits per heavy atom. The Hall–Kier alpha value is -1.14. The zero-order chi connectivity index (χ0) is 12.8. The van der Waals surface area contributed by atoms with E-state index in [0.29, 0.717) is 6.54 Å². The van der Waals surface area contributed by atoms with Crippen LogP contribution < -0.4 is 16.4 Å². The molecule has 4 N–H and O–H groups in total. The predicted molar refractivity (Wildman–Crippen MR) is 61.1 cm³/mol. The number of amides is 1. The van der Waals surface area contributed by atoms with Crippen LogP contribution in [0.3, 0.4) is 0 Å².